The van der Waals surface area contributed by atoms with Crippen LogP contribution in [0.4, 0.5) is 0 Å². The fourth-order valence-electron chi connectivity index (χ4n) is 5.38. The summed E-state index contributed by atoms with van der Waals surface area (Å²) in [6.07, 6.45) is 7.72. The Hall–Kier alpha value is -1.33. The van der Waals surface area contributed by atoms with E-state index in [0.717, 1.165) is 17.8 Å². The monoisotopic (exact) mass is 378 g/mol. The van der Waals surface area contributed by atoms with Gasteiger partial charge in [0.15, 0.2) is 11.7 Å². The number of hydrogen-bond donors (Lipinski definition) is 2. The highest BCUT2D eigenvalue weighted by Gasteiger charge is 2.51. The van der Waals surface area contributed by atoms with Crippen LogP contribution in [-0.2, 0) is 4.79 Å². The number of thiocarbonyl (C=S) groups is 1. The van der Waals surface area contributed by atoms with Gasteiger partial charge in [0, 0.05) is 10.6 Å². The molecule has 5 rings (SSSR count). The summed E-state index contributed by atoms with van der Waals surface area (Å²) in [7, 11) is 0. The summed E-state index contributed by atoms with van der Waals surface area (Å²) in [5.41, 5.74) is 0.107. The van der Waals surface area contributed by atoms with E-state index in [0.29, 0.717) is 15.9 Å². The average molecular weight is 379 g/mol. The first-order chi connectivity index (χ1) is 12.0. The normalized spacial score (nSPS) is 32.3. The summed E-state index contributed by atoms with van der Waals surface area (Å²) in [4.78, 5) is 12.1. The number of carbonyl (C=O) groups is 1. The van der Waals surface area contributed by atoms with Gasteiger partial charge < -0.3 is 15.4 Å². The lowest BCUT2D eigenvalue weighted by atomic mass is 9.53. The van der Waals surface area contributed by atoms with Crippen molar-refractivity contribution in [1.29, 1.82) is 0 Å². The number of rotatable bonds is 4. The highest BCUT2D eigenvalue weighted by atomic mass is 35.5. The molecule has 4 aliphatic rings. The van der Waals surface area contributed by atoms with Crippen LogP contribution in [0.1, 0.15) is 38.5 Å². The molecule has 6 heteroatoms. The molecule has 0 aliphatic heterocycles. The van der Waals surface area contributed by atoms with Crippen LogP contribution in [0.5, 0.6) is 5.75 Å². The number of hydrogen-bond acceptors (Lipinski definition) is 3. The van der Waals surface area contributed by atoms with E-state index in [1.54, 1.807) is 24.3 Å². The Morgan fingerprint density at radius 1 is 1.12 bits per heavy atom. The number of amides is 1. The summed E-state index contributed by atoms with van der Waals surface area (Å²) in [6, 6.07) is 6.94. The number of halogens is 1. The zero-order valence-electron chi connectivity index (χ0n) is 14.1. The van der Waals surface area contributed by atoms with E-state index in [9.17, 15) is 4.79 Å². The average Bonchev–Trinajstić information content (AvgIpc) is 2.52. The molecule has 1 aromatic rings. The standard InChI is InChI=1S/C19H23ClN2O2S/c20-15-1-3-16(4-2-15)24-11-17(23)21-18(25)22-19-8-12-5-13(9-19)7-14(6-12)10-19/h1-4,12-14H,5-11H2,(H2,21,22,23,25). The van der Waals surface area contributed by atoms with Crippen LogP contribution in [0.2, 0.25) is 5.02 Å². The van der Waals surface area contributed by atoms with Gasteiger partial charge in [-0.15, -0.1) is 0 Å². The minimum absolute atomic E-state index is 0.0652. The van der Waals surface area contributed by atoms with Crippen LogP contribution in [0.3, 0.4) is 0 Å². The molecule has 4 bridgehead atoms. The van der Waals surface area contributed by atoms with E-state index >= 15 is 0 Å². The Balaban J connectivity index is 1.27. The first-order valence-electron chi connectivity index (χ1n) is 9.00. The smallest absolute Gasteiger partial charge is 0.264 e. The molecule has 134 valence electrons. The third-order valence-electron chi connectivity index (χ3n) is 5.85. The van der Waals surface area contributed by atoms with Gasteiger partial charge in [0.25, 0.3) is 5.91 Å². The van der Waals surface area contributed by atoms with E-state index < -0.39 is 0 Å². The molecule has 2 N–H and O–H groups in total. The number of benzene rings is 1. The van der Waals surface area contributed by atoms with E-state index in [1.165, 1.54) is 38.5 Å². The Morgan fingerprint density at radius 3 is 2.24 bits per heavy atom. The van der Waals surface area contributed by atoms with Crippen molar-refractivity contribution in [3.63, 3.8) is 0 Å². The van der Waals surface area contributed by atoms with Gasteiger partial charge in [-0.25, -0.2) is 0 Å². The van der Waals surface area contributed by atoms with Crippen LogP contribution in [0, 0.1) is 17.8 Å². The summed E-state index contributed by atoms with van der Waals surface area (Å²) in [6.45, 7) is -0.0652. The Bertz CT molecular complexity index is 641. The topological polar surface area (TPSA) is 50.4 Å². The molecule has 25 heavy (non-hydrogen) atoms. The Labute approximate surface area is 158 Å². The fraction of sp³-hybridized carbons (Fsp3) is 0.579. The Kier molecular flexibility index (Phi) is 4.63. The van der Waals surface area contributed by atoms with Gasteiger partial charge in [-0.1, -0.05) is 11.6 Å². The largest absolute Gasteiger partial charge is 0.484 e. The van der Waals surface area contributed by atoms with Crippen molar-refractivity contribution in [2.45, 2.75) is 44.1 Å². The van der Waals surface area contributed by atoms with Crippen LogP contribution < -0.4 is 15.4 Å². The SMILES string of the molecule is O=C(COc1ccc(Cl)cc1)NC(=S)NC12CC3CC(CC(C3)C1)C2. The maximum absolute atomic E-state index is 12.1. The lowest BCUT2D eigenvalue weighted by Crippen LogP contribution is -2.62. The molecular weight excluding hydrogens is 356 g/mol. The second-order valence-electron chi connectivity index (χ2n) is 7.94. The molecule has 4 aliphatic carbocycles. The minimum atomic E-state index is -0.239. The summed E-state index contributed by atoms with van der Waals surface area (Å²) in [5, 5.41) is 7.33. The quantitative estimate of drug-likeness (QED) is 0.785. The van der Waals surface area contributed by atoms with Crippen LogP contribution >= 0.6 is 23.8 Å². The van der Waals surface area contributed by atoms with Gasteiger partial charge in [-0.05, 0) is 92.8 Å². The van der Waals surface area contributed by atoms with Crippen LogP contribution in [0.15, 0.2) is 24.3 Å². The molecule has 4 nitrogen and oxygen atoms in total. The van der Waals surface area contributed by atoms with Crippen molar-refractivity contribution >= 4 is 34.8 Å². The molecule has 0 spiro atoms. The highest BCUT2D eigenvalue weighted by molar-refractivity contribution is 7.80. The van der Waals surface area contributed by atoms with Gasteiger partial charge in [0.1, 0.15) is 5.75 Å². The van der Waals surface area contributed by atoms with E-state index in [1.807, 2.05) is 0 Å². The zero-order valence-corrected chi connectivity index (χ0v) is 15.7. The highest BCUT2D eigenvalue weighted by Crippen LogP contribution is 2.55. The number of carbonyl (C=O) groups excluding carboxylic acids is 1. The first-order valence-corrected chi connectivity index (χ1v) is 9.79. The van der Waals surface area contributed by atoms with E-state index in [4.69, 9.17) is 28.6 Å². The van der Waals surface area contributed by atoms with Gasteiger partial charge in [0.05, 0.1) is 0 Å². The lowest BCUT2D eigenvalue weighted by Gasteiger charge is -2.57. The lowest BCUT2D eigenvalue weighted by molar-refractivity contribution is -0.121. The van der Waals surface area contributed by atoms with Crippen molar-refractivity contribution < 1.29 is 9.53 Å². The molecule has 0 aromatic heterocycles. The van der Waals surface area contributed by atoms with Gasteiger partial charge in [-0.2, -0.15) is 0 Å². The molecule has 1 aromatic carbocycles. The Morgan fingerprint density at radius 2 is 1.68 bits per heavy atom. The summed E-state index contributed by atoms with van der Waals surface area (Å²) < 4.78 is 5.46. The number of nitrogens with one attached hydrogen (secondary N) is 2. The molecule has 4 saturated carbocycles. The second-order valence-corrected chi connectivity index (χ2v) is 8.79. The molecule has 0 unspecified atom stereocenters. The fourth-order valence-corrected chi connectivity index (χ4v) is 5.83. The molecular formula is C19H23ClN2O2S. The van der Waals surface area contributed by atoms with Crippen molar-refractivity contribution in [2.24, 2.45) is 17.8 Å². The predicted octanol–water partition coefficient (Wildman–Crippen LogP) is 3.68. The van der Waals surface area contributed by atoms with Crippen molar-refractivity contribution in [3.8, 4) is 5.75 Å². The minimum Gasteiger partial charge on any atom is -0.484 e. The molecule has 0 saturated heterocycles. The van der Waals surface area contributed by atoms with E-state index in [2.05, 4.69) is 10.6 Å². The van der Waals surface area contributed by atoms with Gasteiger partial charge in [-0.3, -0.25) is 4.79 Å². The summed E-state index contributed by atoms with van der Waals surface area (Å²) in [5.74, 6) is 2.89. The molecule has 0 atom stereocenters. The first kappa shape index (κ1) is 17.1. The second kappa shape index (κ2) is 6.76. The predicted molar refractivity (Wildman–Crippen MR) is 102 cm³/mol. The third-order valence-corrected chi connectivity index (χ3v) is 6.31. The van der Waals surface area contributed by atoms with Crippen molar-refractivity contribution in [2.75, 3.05) is 6.61 Å². The molecule has 1 amide bonds. The third kappa shape index (κ3) is 3.93. The maximum Gasteiger partial charge on any atom is 0.264 e. The van der Waals surface area contributed by atoms with Gasteiger partial charge in [0.2, 0.25) is 0 Å². The van der Waals surface area contributed by atoms with Gasteiger partial charge >= 0.3 is 0 Å². The van der Waals surface area contributed by atoms with Crippen LogP contribution in [-0.4, -0.2) is 23.2 Å². The molecule has 0 heterocycles. The van der Waals surface area contributed by atoms with Crippen molar-refractivity contribution in [1.82, 2.24) is 10.6 Å². The van der Waals surface area contributed by atoms with Crippen LogP contribution in [0.25, 0.3) is 0 Å². The zero-order chi connectivity index (χ0) is 17.4. The molecule has 4 fully saturated rings. The van der Waals surface area contributed by atoms with Crippen molar-refractivity contribution in [3.05, 3.63) is 29.3 Å². The van der Waals surface area contributed by atoms with E-state index in [-0.39, 0.29) is 18.1 Å². The maximum atomic E-state index is 12.1. The molecule has 0 radical (unpaired) electrons. The number of ether oxygens (including phenoxy) is 1. The summed E-state index contributed by atoms with van der Waals surface area (Å²) >= 11 is 11.2.